The second-order valence-electron chi connectivity index (χ2n) is 6.22. The fourth-order valence-electron chi connectivity index (χ4n) is 3.04. The molecule has 132 valence electrons. The van der Waals surface area contributed by atoms with Gasteiger partial charge in [-0.05, 0) is 36.2 Å². The molecule has 1 amide bonds. The molecule has 27 heavy (non-hydrogen) atoms. The number of carbonyl (C=O) groups is 1. The van der Waals surface area contributed by atoms with Crippen LogP contribution in [0.3, 0.4) is 0 Å². The fourth-order valence-corrected chi connectivity index (χ4v) is 3.04. The summed E-state index contributed by atoms with van der Waals surface area (Å²) < 4.78 is 0. The number of carbonyl (C=O) groups excluding carboxylic acids is 1. The maximum atomic E-state index is 12.3. The van der Waals surface area contributed by atoms with E-state index in [0.29, 0.717) is 24.1 Å². The zero-order valence-electron chi connectivity index (χ0n) is 14.5. The molecule has 0 aliphatic carbocycles. The van der Waals surface area contributed by atoms with E-state index in [9.17, 15) is 4.79 Å². The lowest BCUT2D eigenvalue weighted by Gasteiger charge is -2.06. The predicted octanol–water partition coefficient (Wildman–Crippen LogP) is 3.40. The maximum Gasteiger partial charge on any atom is 0.251 e. The van der Waals surface area contributed by atoms with Crippen LogP contribution in [0.25, 0.3) is 22.3 Å². The summed E-state index contributed by atoms with van der Waals surface area (Å²) in [5.74, 6) is 0.667. The minimum Gasteiger partial charge on any atom is -0.360 e. The van der Waals surface area contributed by atoms with Crippen LogP contribution in [0.15, 0.2) is 61.1 Å². The first-order valence-electron chi connectivity index (χ1n) is 8.63. The molecule has 2 aromatic carbocycles. The number of imidazole rings is 1. The molecule has 4 rings (SSSR count). The van der Waals surface area contributed by atoms with Crippen LogP contribution in [-0.2, 0) is 6.42 Å². The second-order valence-corrected chi connectivity index (χ2v) is 6.22. The van der Waals surface area contributed by atoms with Crippen molar-refractivity contribution in [3.63, 3.8) is 0 Å². The quantitative estimate of drug-likeness (QED) is 0.512. The number of H-pyrrole nitrogens is 2. The Hall–Kier alpha value is -3.85. The zero-order chi connectivity index (χ0) is 18.6. The van der Waals surface area contributed by atoms with Crippen molar-refractivity contribution in [2.45, 2.75) is 6.42 Å². The van der Waals surface area contributed by atoms with E-state index in [-0.39, 0.29) is 5.91 Å². The summed E-state index contributed by atoms with van der Waals surface area (Å²) in [4.78, 5) is 22.6. The standard InChI is InChI=1S/C21H17N5O/c22-12-17-13-26-19-6-1-14(11-18(17)19)7-8-25-21(27)16-4-2-15(3-5-16)20-23-9-10-24-20/h1-6,9-11,13,26H,7-8H2,(H,23,24)(H,25,27). The van der Waals surface area contributed by atoms with E-state index in [0.717, 1.165) is 27.9 Å². The highest BCUT2D eigenvalue weighted by atomic mass is 16.1. The van der Waals surface area contributed by atoms with Gasteiger partial charge in [-0.1, -0.05) is 18.2 Å². The Bertz CT molecular complexity index is 1120. The summed E-state index contributed by atoms with van der Waals surface area (Å²) in [6.45, 7) is 0.524. The molecule has 0 atom stereocenters. The predicted molar refractivity (Wildman–Crippen MR) is 103 cm³/mol. The van der Waals surface area contributed by atoms with E-state index in [1.54, 1.807) is 30.7 Å². The normalized spacial score (nSPS) is 10.6. The molecule has 6 heteroatoms. The third-order valence-electron chi connectivity index (χ3n) is 4.48. The van der Waals surface area contributed by atoms with E-state index < -0.39 is 0 Å². The number of rotatable bonds is 5. The summed E-state index contributed by atoms with van der Waals surface area (Å²) in [5, 5.41) is 13.0. The molecular formula is C21H17N5O. The summed E-state index contributed by atoms with van der Waals surface area (Å²) in [5.41, 5.74) is 4.19. The second kappa shape index (κ2) is 7.18. The van der Waals surface area contributed by atoms with Crippen LogP contribution in [0.2, 0.25) is 0 Å². The van der Waals surface area contributed by atoms with Crippen LogP contribution >= 0.6 is 0 Å². The SMILES string of the molecule is N#Cc1c[nH]c2ccc(CCNC(=O)c3ccc(-c4ncc[nH]4)cc3)cc12. The Kier molecular flexibility index (Phi) is 4.42. The highest BCUT2D eigenvalue weighted by Crippen LogP contribution is 2.19. The van der Waals surface area contributed by atoms with Gasteiger partial charge in [0.15, 0.2) is 0 Å². The summed E-state index contributed by atoms with van der Waals surface area (Å²) in [6, 6.07) is 15.5. The van der Waals surface area contributed by atoms with Crippen LogP contribution in [-0.4, -0.2) is 27.4 Å². The molecule has 4 aromatic rings. The van der Waals surface area contributed by atoms with Crippen molar-refractivity contribution in [2.75, 3.05) is 6.54 Å². The molecule has 0 aliphatic rings. The number of hydrogen-bond donors (Lipinski definition) is 3. The average Bonchev–Trinajstić information content (AvgIpc) is 3.37. The highest BCUT2D eigenvalue weighted by Gasteiger charge is 2.08. The summed E-state index contributed by atoms with van der Waals surface area (Å²) >= 11 is 0. The molecule has 0 spiro atoms. The van der Waals surface area contributed by atoms with Crippen molar-refractivity contribution in [1.82, 2.24) is 20.3 Å². The van der Waals surface area contributed by atoms with Gasteiger partial charge < -0.3 is 15.3 Å². The van der Waals surface area contributed by atoms with Gasteiger partial charge in [-0.25, -0.2) is 4.98 Å². The number of nitrogens with one attached hydrogen (secondary N) is 3. The molecule has 2 aromatic heterocycles. The molecule has 3 N–H and O–H groups in total. The number of nitrogens with zero attached hydrogens (tertiary/aromatic N) is 2. The van der Waals surface area contributed by atoms with Gasteiger partial charge in [-0.3, -0.25) is 4.79 Å². The first-order valence-corrected chi connectivity index (χ1v) is 8.63. The third kappa shape index (κ3) is 3.44. The van der Waals surface area contributed by atoms with E-state index in [1.165, 1.54) is 0 Å². The van der Waals surface area contributed by atoms with Gasteiger partial charge in [0, 0.05) is 47.2 Å². The number of aromatic nitrogens is 3. The number of amides is 1. The van der Waals surface area contributed by atoms with Gasteiger partial charge in [-0.2, -0.15) is 5.26 Å². The summed E-state index contributed by atoms with van der Waals surface area (Å²) in [6.07, 6.45) is 5.87. The molecule has 0 fully saturated rings. The largest absolute Gasteiger partial charge is 0.360 e. The monoisotopic (exact) mass is 355 g/mol. The van der Waals surface area contributed by atoms with Gasteiger partial charge in [0.05, 0.1) is 5.56 Å². The lowest BCUT2D eigenvalue weighted by atomic mass is 10.1. The average molecular weight is 355 g/mol. The summed E-state index contributed by atoms with van der Waals surface area (Å²) in [7, 11) is 0. The number of nitriles is 1. The van der Waals surface area contributed by atoms with Crippen LogP contribution in [0.1, 0.15) is 21.5 Å². The van der Waals surface area contributed by atoms with Crippen molar-refractivity contribution in [1.29, 1.82) is 5.26 Å². The van der Waals surface area contributed by atoms with Crippen LogP contribution in [0.4, 0.5) is 0 Å². The third-order valence-corrected chi connectivity index (χ3v) is 4.48. The Morgan fingerprint density at radius 1 is 1.15 bits per heavy atom. The molecule has 0 saturated carbocycles. The van der Waals surface area contributed by atoms with Crippen molar-refractivity contribution in [3.8, 4) is 17.5 Å². The maximum absolute atomic E-state index is 12.3. The molecule has 2 heterocycles. The minimum absolute atomic E-state index is 0.110. The van der Waals surface area contributed by atoms with Crippen molar-refractivity contribution in [3.05, 3.63) is 77.7 Å². The number of hydrogen-bond acceptors (Lipinski definition) is 3. The number of fused-ring (bicyclic) bond motifs is 1. The van der Waals surface area contributed by atoms with Crippen molar-refractivity contribution in [2.24, 2.45) is 0 Å². The van der Waals surface area contributed by atoms with Gasteiger partial charge in [-0.15, -0.1) is 0 Å². The molecule has 0 bridgehead atoms. The van der Waals surface area contributed by atoms with Crippen molar-refractivity contribution >= 4 is 16.8 Å². The molecule has 6 nitrogen and oxygen atoms in total. The highest BCUT2D eigenvalue weighted by molar-refractivity contribution is 5.94. The Morgan fingerprint density at radius 3 is 2.74 bits per heavy atom. The van der Waals surface area contributed by atoms with Gasteiger partial charge >= 0.3 is 0 Å². The first-order chi connectivity index (χ1) is 13.2. The van der Waals surface area contributed by atoms with Gasteiger partial charge in [0.1, 0.15) is 11.9 Å². The van der Waals surface area contributed by atoms with Crippen LogP contribution in [0.5, 0.6) is 0 Å². The first kappa shape index (κ1) is 16.6. The van der Waals surface area contributed by atoms with E-state index >= 15 is 0 Å². The van der Waals surface area contributed by atoms with E-state index in [4.69, 9.17) is 5.26 Å². The molecule has 0 saturated heterocycles. The zero-order valence-corrected chi connectivity index (χ0v) is 14.5. The molecule has 0 unspecified atom stereocenters. The number of aromatic amines is 2. The topological polar surface area (TPSA) is 97.4 Å². The molecule has 0 radical (unpaired) electrons. The van der Waals surface area contributed by atoms with Gasteiger partial charge in [0.2, 0.25) is 0 Å². The van der Waals surface area contributed by atoms with Crippen LogP contribution < -0.4 is 5.32 Å². The Balaban J connectivity index is 1.37. The van der Waals surface area contributed by atoms with Crippen LogP contribution in [0, 0.1) is 11.3 Å². The smallest absolute Gasteiger partial charge is 0.251 e. The Morgan fingerprint density at radius 2 is 2.00 bits per heavy atom. The molecular weight excluding hydrogens is 338 g/mol. The fraction of sp³-hybridized carbons (Fsp3) is 0.0952. The van der Waals surface area contributed by atoms with Crippen molar-refractivity contribution < 1.29 is 4.79 Å². The number of benzene rings is 2. The lowest BCUT2D eigenvalue weighted by molar-refractivity contribution is 0.0954. The van der Waals surface area contributed by atoms with E-state index in [1.807, 2.05) is 30.3 Å². The molecule has 0 aliphatic heterocycles. The Labute approximate surface area is 155 Å². The van der Waals surface area contributed by atoms with E-state index in [2.05, 4.69) is 26.3 Å². The minimum atomic E-state index is -0.110. The van der Waals surface area contributed by atoms with Gasteiger partial charge in [0.25, 0.3) is 5.91 Å². The lowest BCUT2D eigenvalue weighted by Crippen LogP contribution is -2.25.